The number of carbonyl (C=O) groups excluding carboxylic acids is 3. The van der Waals surface area contributed by atoms with Gasteiger partial charge in [0.25, 0.3) is 5.56 Å². The molecule has 13 nitrogen and oxygen atoms in total. The Morgan fingerprint density at radius 3 is 2.39 bits per heavy atom. The molecule has 3 aromatic rings. The number of hydrogen-bond donors (Lipinski definition) is 0. The molecule has 4 unspecified atom stereocenters. The lowest BCUT2D eigenvalue weighted by Crippen LogP contribution is -2.40. The predicted molar refractivity (Wildman–Crippen MR) is 110 cm³/mol. The minimum atomic E-state index is -1.10. The van der Waals surface area contributed by atoms with Gasteiger partial charge in [-0.1, -0.05) is 0 Å². The molecule has 13 heteroatoms. The van der Waals surface area contributed by atoms with Crippen molar-refractivity contribution in [2.45, 2.75) is 52.2 Å². The SMILES string of the molecule is CC(=O)OCC1OC(n2cnc3c(=O)n4cc(C)nc4n(C)c32)C(OC(C)=O)C1OC(C)=O. The quantitative estimate of drug-likeness (QED) is 0.376. The number of imidazole rings is 2. The molecule has 0 amide bonds. The smallest absolute Gasteiger partial charge is 0.303 e. The monoisotopic (exact) mass is 461 g/mol. The topological polar surface area (TPSA) is 145 Å². The molecule has 0 radical (unpaired) electrons. The van der Waals surface area contributed by atoms with Crippen molar-refractivity contribution in [1.29, 1.82) is 0 Å². The molecule has 1 aliphatic heterocycles. The maximum Gasteiger partial charge on any atom is 0.303 e. The van der Waals surface area contributed by atoms with Crippen molar-refractivity contribution in [3.63, 3.8) is 0 Å². The molecule has 4 heterocycles. The van der Waals surface area contributed by atoms with Crippen molar-refractivity contribution < 1.29 is 33.3 Å². The van der Waals surface area contributed by atoms with Crippen LogP contribution in [0.25, 0.3) is 16.9 Å². The lowest BCUT2D eigenvalue weighted by atomic mass is 10.1. The van der Waals surface area contributed by atoms with E-state index in [9.17, 15) is 19.2 Å². The van der Waals surface area contributed by atoms with Crippen molar-refractivity contribution in [3.05, 3.63) is 28.6 Å². The number of hydrogen-bond acceptors (Lipinski definition) is 10. The highest BCUT2D eigenvalue weighted by Gasteiger charge is 2.51. The van der Waals surface area contributed by atoms with Gasteiger partial charge in [0.1, 0.15) is 12.7 Å². The first kappa shape index (κ1) is 22.5. The van der Waals surface area contributed by atoms with Crippen LogP contribution in [0.4, 0.5) is 0 Å². The zero-order valence-electron chi connectivity index (χ0n) is 18.7. The van der Waals surface area contributed by atoms with Crippen LogP contribution in [-0.2, 0) is 40.4 Å². The zero-order chi connectivity index (χ0) is 24.0. The molecule has 0 N–H and O–H groups in total. The number of ether oxygens (including phenoxy) is 4. The average Bonchev–Trinajstić information content (AvgIpc) is 3.40. The summed E-state index contributed by atoms with van der Waals surface area (Å²) in [5.41, 5.74) is 0.760. The summed E-state index contributed by atoms with van der Waals surface area (Å²) in [6.45, 7) is 5.16. The minimum Gasteiger partial charge on any atom is -0.463 e. The number of fused-ring (bicyclic) bond motifs is 2. The fourth-order valence-corrected chi connectivity index (χ4v) is 4.02. The van der Waals surface area contributed by atoms with Gasteiger partial charge < -0.3 is 18.9 Å². The predicted octanol–water partition coefficient (Wildman–Crippen LogP) is 0.0150. The molecule has 0 saturated carbocycles. The molecule has 0 spiro atoms. The van der Waals surface area contributed by atoms with Gasteiger partial charge in [0.15, 0.2) is 29.6 Å². The van der Waals surface area contributed by atoms with Crippen LogP contribution < -0.4 is 5.56 Å². The highest BCUT2D eigenvalue weighted by molar-refractivity contribution is 5.73. The van der Waals surface area contributed by atoms with Crippen LogP contribution in [0.15, 0.2) is 17.3 Å². The Balaban J connectivity index is 1.86. The van der Waals surface area contributed by atoms with Gasteiger partial charge in [-0.25, -0.2) is 14.4 Å². The summed E-state index contributed by atoms with van der Waals surface area (Å²) < 4.78 is 26.5. The van der Waals surface area contributed by atoms with E-state index in [1.807, 2.05) is 0 Å². The highest BCUT2D eigenvalue weighted by Crippen LogP contribution is 2.36. The standard InChI is InChI=1S/C20H23N5O8/c1-9-6-24-18(29)14-17(23(5)20(24)22-9)25(8-21-14)19-16(32-12(4)28)15(31-11(3)27)13(33-19)7-30-10(2)26/h6,8,13,15-16,19H,7H2,1-5H3. The van der Waals surface area contributed by atoms with Gasteiger partial charge in [-0.2, -0.15) is 0 Å². The molecule has 4 rings (SSSR count). The molecular weight excluding hydrogens is 438 g/mol. The maximum absolute atomic E-state index is 13.0. The number of rotatable bonds is 5. The Labute approximate surface area is 186 Å². The first-order valence-corrected chi connectivity index (χ1v) is 10.1. The first-order chi connectivity index (χ1) is 15.6. The van der Waals surface area contributed by atoms with E-state index in [2.05, 4.69) is 9.97 Å². The molecule has 33 heavy (non-hydrogen) atoms. The van der Waals surface area contributed by atoms with Crippen LogP contribution >= 0.6 is 0 Å². The number of esters is 3. The maximum atomic E-state index is 13.0. The normalized spacial score (nSPS) is 22.6. The molecule has 176 valence electrons. The Kier molecular flexibility index (Phi) is 5.66. The molecule has 0 aliphatic carbocycles. The van der Waals surface area contributed by atoms with Crippen LogP contribution in [0.5, 0.6) is 0 Å². The highest BCUT2D eigenvalue weighted by atomic mass is 16.7. The van der Waals surface area contributed by atoms with Gasteiger partial charge in [0, 0.05) is 34.0 Å². The van der Waals surface area contributed by atoms with Crippen molar-refractivity contribution >= 4 is 34.8 Å². The zero-order valence-corrected chi connectivity index (χ0v) is 18.7. The molecule has 1 fully saturated rings. The summed E-state index contributed by atoms with van der Waals surface area (Å²) in [7, 11) is 1.71. The summed E-state index contributed by atoms with van der Waals surface area (Å²) in [5.74, 6) is -1.45. The van der Waals surface area contributed by atoms with Crippen molar-refractivity contribution in [3.8, 4) is 0 Å². The minimum absolute atomic E-state index is 0.139. The number of carbonyl (C=O) groups is 3. The number of aromatic nitrogens is 5. The Bertz CT molecular complexity index is 1320. The van der Waals surface area contributed by atoms with Gasteiger partial charge in [-0.05, 0) is 6.92 Å². The van der Waals surface area contributed by atoms with E-state index in [1.165, 1.54) is 36.1 Å². The largest absolute Gasteiger partial charge is 0.463 e. The second-order valence-electron chi connectivity index (χ2n) is 7.76. The Hall–Kier alpha value is -3.74. The van der Waals surface area contributed by atoms with E-state index < -0.39 is 42.4 Å². The third-order valence-electron chi connectivity index (χ3n) is 5.23. The number of nitrogens with zero attached hydrogens (tertiary/aromatic N) is 5. The van der Waals surface area contributed by atoms with Crippen LogP contribution in [-0.4, -0.2) is 66.3 Å². The molecule has 1 aliphatic rings. The first-order valence-electron chi connectivity index (χ1n) is 10.1. The van der Waals surface area contributed by atoms with E-state index in [0.717, 1.165) is 0 Å². The number of aryl methyl sites for hydroxylation is 2. The van der Waals surface area contributed by atoms with E-state index >= 15 is 0 Å². The van der Waals surface area contributed by atoms with Gasteiger partial charge in [-0.3, -0.25) is 28.3 Å². The summed E-state index contributed by atoms with van der Waals surface area (Å²) in [5, 5.41) is 0. The third kappa shape index (κ3) is 3.95. The van der Waals surface area contributed by atoms with E-state index in [1.54, 1.807) is 24.7 Å². The van der Waals surface area contributed by atoms with Gasteiger partial charge in [0.2, 0.25) is 5.78 Å². The molecule has 4 atom stereocenters. The molecule has 1 saturated heterocycles. The average molecular weight is 461 g/mol. The molecule has 0 bridgehead atoms. The van der Waals surface area contributed by atoms with Crippen LogP contribution in [0.1, 0.15) is 32.7 Å². The molecule has 0 aromatic carbocycles. The van der Waals surface area contributed by atoms with Gasteiger partial charge in [0.05, 0.1) is 12.0 Å². The van der Waals surface area contributed by atoms with E-state index in [-0.39, 0.29) is 17.7 Å². The fourth-order valence-electron chi connectivity index (χ4n) is 4.02. The fraction of sp³-hybridized carbons (Fsp3) is 0.500. The Morgan fingerprint density at radius 1 is 1.09 bits per heavy atom. The summed E-state index contributed by atoms with van der Waals surface area (Å²) >= 11 is 0. The van der Waals surface area contributed by atoms with Crippen LogP contribution in [0.3, 0.4) is 0 Å². The third-order valence-corrected chi connectivity index (χ3v) is 5.23. The second-order valence-corrected chi connectivity index (χ2v) is 7.76. The Morgan fingerprint density at radius 2 is 1.76 bits per heavy atom. The second kappa shape index (κ2) is 8.31. The van der Waals surface area contributed by atoms with E-state index in [4.69, 9.17) is 18.9 Å². The lowest BCUT2D eigenvalue weighted by Gasteiger charge is -2.24. The van der Waals surface area contributed by atoms with E-state index in [0.29, 0.717) is 17.1 Å². The summed E-state index contributed by atoms with van der Waals surface area (Å²) in [4.78, 5) is 56.6. The van der Waals surface area contributed by atoms with Crippen molar-refractivity contribution in [2.24, 2.45) is 7.05 Å². The van der Waals surface area contributed by atoms with Crippen LogP contribution in [0, 0.1) is 6.92 Å². The van der Waals surface area contributed by atoms with Crippen molar-refractivity contribution in [2.75, 3.05) is 6.61 Å². The molecule has 3 aromatic heterocycles. The van der Waals surface area contributed by atoms with Gasteiger partial charge in [-0.15, -0.1) is 0 Å². The van der Waals surface area contributed by atoms with Crippen LogP contribution in [0.2, 0.25) is 0 Å². The lowest BCUT2D eigenvalue weighted by molar-refractivity contribution is -0.166. The van der Waals surface area contributed by atoms with Gasteiger partial charge >= 0.3 is 17.9 Å². The van der Waals surface area contributed by atoms with Crippen molar-refractivity contribution in [1.82, 2.24) is 23.5 Å². The molecular formula is C20H23N5O8. The summed E-state index contributed by atoms with van der Waals surface area (Å²) in [6.07, 6.45) is -1.15. The summed E-state index contributed by atoms with van der Waals surface area (Å²) in [6, 6.07) is 0.